The minimum absolute atomic E-state index is 0.168. The number of carbonyl (C=O) groups excluding carboxylic acids is 1. The van der Waals surface area contributed by atoms with Crippen LogP contribution in [-0.2, 0) is 18.4 Å². The molecule has 108 valence electrons. The predicted octanol–water partition coefficient (Wildman–Crippen LogP) is 3.17. The van der Waals surface area contributed by atoms with E-state index in [1.165, 1.54) is 0 Å². The van der Waals surface area contributed by atoms with Crippen LogP contribution in [0, 0.1) is 0 Å². The van der Waals surface area contributed by atoms with Crippen LogP contribution in [0.3, 0.4) is 0 Å². The quantitative estimate of drug-likeness (QED) is 0.800. The molecule has 1 amide bonds. The summed E-state index contributed by atoms with van der Waals surface area (Å²) in [5.74, 6) is -0.168. The molecule has 3 rings (SSSR count). The van der Waals surface area contributed by atoms with E-state index in [1.54, 1.807) is 19.4 Å². The molecule has 0 atom stereocenters. The van der Waals surface area contributed by atoms with E-state index < -0.39 is 0 Å². The fraction of sp³-hybridized carbons (Fsp3) is 0.188. The van der Waals surface area contributed by atoms with Crippen LogP contribution in [-0.4, -0.2) is 17.6 Å². The van der Waals surface area contributed by atoms with E-state index in [-0.39, 0.29) is 5.91 Å². The molecule has 2 heterocycles. The summed E-state index contributed by atoms with van der Waals surface area (Å²) >= 11 is 0. The topological polar surface area (TPSA) is 56.4 Å². The first kappa shape index (κ1) is 13.5. The molecule has 5 nitrogen and oxygen atoms in total. The van der Waals surface area contributed by atoms with Gasteiger partial charge in [-0.05, 0) is 17.7 Å². The molecular weight excluding hydrogens is 268 g/mol. The average molecular weight is 284 g/mol. The maximum atomic E-state index is 12.4. The van der Waals surface area contributed by atoms with Crippen molar-refractivity contribution >= 4 is 22.7 Å². The lowest BCUT2D eigenvalue weighted by Crippen LogP contribution is -2.15. The number of benzene rings is 1. The minimum atomic E-state index is -0.168. The number of nitrogens with one attached hydrogen (secondary N) is 1. The van der Waals surface area contributed by atoms with Crippen LogP contribution in [0.5, 0.6) is 0 Å². The van der Waals surface area contributed by atoms with Crippen molar-refractivity contribution in [3.63, 3.8) is 0 Å². The molecule has 2 aromatic heterocycles. The van der Waals surface area contributed by atoms with Gasteiger partial charge in [0.05, 0.1) is 18.4 Å². The van der Waals surface area contributed by atoms with E-state index in [4.69, 9.17) is 9.15 Å². The molecule has 1 aromatic carbocycles. The molecule has 0 aliphatic rings. The number of aromatic nitrogens is 1. The SMILES string of the molecule is COCc1cccc(NC(=O)c2cc3occc3n2C)c1. The van der Waals surface area contributed by atoms with Crippen molar-refractivity contribution in [1.82, 2.24) is 4.57 Å². The third-order valence-electron chi connectivity index (χ3n) is 3.39. The first-order valence-corrected chi connectivity index (χ1v) is 6.61. The number of hydrogen-bond acceptors (Lipinski definition) is 3. The molecule has 0 unspecified atom stereocenters. The highest BCUT2D eigenvalue weighted by atomic mass is 16.5. The highest BCUT2D eigenvalue weighted by molar-refractivity contribution is 6.05. The van der Waals surface area contributed by atoms with Gasteiger partial charge in [-0.1, -0.05) is 12.1 Å². The number of fused-ring (bicyclic) bond motifs is 1. The Morgan fingerprint density at radius 3 is 2.95 bits per heavy atom. The van der Waals surface area contributed by atoms with Gasteiger partial charge < -0.3 is 19.0 Å². The maximum Gasteiger partial charge on any atom is 0.272 e. The van der Waals surface area contributed by atoms with Crippen LogP contribution in [0.2, 0.25) is 0 Å². The molecular formula is C16H16N2O3. The number of furan rings is 1. The van der Waals surface area contributed by atoms with Crippen molar-refractivity contribution in [3.05, 3.63) is 53.9 Å². The van der Waals surface area contributed by atoms with E-state index in [2.05, 4.69) is 5.32 Å². The van der Waals surface area contributed by atoms with Gasteiger partial charge in [0.15, 0.2) is 5.58 Å². The molecule has 0 bridgehead atoms. The van der Waals surface area contributed by atoms with Gasteiger partial charge >= 0.3 is 0 Å². The molecule has 0 aliphatic heterocycles. The van der Waals surface area contributed by atoms with Crippen LogP contribution >= 0.6 is 0 Å². The Bertz CT molecular complexity index is 786. The van der Waals surface area contributed by atoms with Crippen LogP contribution in [0.1, 0.15) is 16.1 Å². The van der Waals surface area contributed by atoms with Crippen molar-refractivity contribution in [2.24, 2.45) is 7.05 Å². The van der Waals surface area contributed by atoms with Crippen molar-refractivity contribution in [2.45, 2.75) is 6.61 Å². The second kappa shape index (κ2) is 5.46. The fourth-order valence-electron chi connectivity index (χ4n) is 2.37. The minimum Gasteiger partial charge on any atom is -0.463 e. The number of methoxy groups -OCH3 is 1. The third kappa shape index (κ3) is 2.55. The summed E-state index contributed by atoms with van der Waals surface area (Å²) in [7, 11) is 3.48. The summed E-state index contributed by atoms with van der Waals surface area (Å²) in [5, 5.41) is 2.89. The standard InChI is InChI=1S/C16H16N2O3/c1-18-13-6-7-21-15(13)9-14(18)16(19)17-12-5-3-4-11(8-12)10-20-2/h3-9H,10H2,1-2H3,(H,17,19). The summed E-state index contributed by atoms with van der Waals surface area (Å²) < 4.78 is 12.2. The summed E-state index contributed by atoms with van der Waals surface area (Å²) in [6.45, 7) is 0.515. The van der Waals surface area contributed by atoms with E-state index in [9.17, 15) is 4.79 Å². The van der Waals surface area contributed by atoms with Crippen molar-refractivity contribution < 1.29 is 13.9 Å². The largest absolute Gasteiger partial charge is 0.463 e. The smallest absolute Gasteiger partial charge is 0.272 e. The lowest BCUT2D eigenvalue weighted by molar-refractivity contribution is 0.101. The van der Waals surface area contributed by atoms with Gasteiger partial charge in [0.1, 0.15) is 5.69 Å². The van der Waals surface area contributed by atoms with Gasteiger partial charge in [-0.2, -0.15) is 0 Å². The monoisotopic (exact) mass is 284 g/mol. The maximum absolute atomic E-state index is 12.4. The van der Waals surface area contributed by atoms with Crippen molar-refractivity contribution in [1.29, 1.82) is 0 Å². The summed E-state index contributed by atoms with van der Waals surface area (Å²) in [4.78, 5) is 12.4. The second-order valence-corrected chi connectivity index (χ2v) is 4.85. The van der Waals surface area contributed by atoms with Crippen LogP contribution < -0.4 is 5.32 Å². The number of ether oxygens (including phenoxy) is 1. The third-order valence-corrected chi connectivity index (χ3v) is 3.39. The average Bonchev–Trinajstić information content (AvgIpc) is 3.03. The predicted molar refractivity (Wildman–Crippen MR) is 80.3 cm³/mol. The number of rotatable bonds is 4. The summed E-state index contributed by atoms with van der Waals surface area (Å²) in [5.41, 5.74) is 3.91. The van der Waals surface area contributed by atoms with Crippen molar-refractivity contribution in [3.8, 4) is 0 Å². The zero-order chi connectivity index (χ0) is 14.8. The van der Waals surface area contributed by atoms with Gasteiger partial charge in [0, 0.05) is 32.0 Å². The number of amides is 1. The first-order chi connectivity index (χ1) is 10.2. The molecule has 0 spiro atoms. The fourth-order valence-corrected chi connectivity index (χ4v) is 2.37. The molecule has 0 aliphatic carbocycles. The van der Waals surface area contributed by atoms with Crippen LogP contribution in [0.4, 0.5) is 5.69 Å². The number of carbonyl (C=O) groups is 1. The van der Waals surface area contributed by atoms with Crippen LogP contribution in [0.25, 0.3) is 11.1 Å². The Balaban J connectivity index is 1.84. The van der Waals surface area contributed by atoms with E-state index in [0.29, 0.717) is 17.9 Å². The summed E-state index contributed by atoms with van der Waals surface area (Å²) in [6.07, 6.45) is 1.61. The Hall–Kier alpha value is -2.53. The molecule has 21 heavy (non-hydrogen) atoms. The Kier molecular flexibility index (Phi) is 3.50. The summed E-state index contributed by atoms with van der Waals surface area (Å²) in [6, 6.07) is 11.2. The number of aryl methyl sites for hydroxylation is 1. The second-order valence-electron chi connectivity index (χ2n) is 4.85. The van der Waals surface area contributed by atoms with Gasteiger partial charge in [-0.15, -0.1) is 0 Å². The van der Waals surface area contributed by atoms with Gasteiger partial charge in [-0.3, -0.25) is 4.79 Å². The highest BCUT2D eigenvalue weighted by Gasteiger charge is 2.15. The number of nitrogens with zero attached hydrogens (tertiary/aromatic N) is 1. The highest BCUT2D eigenvalue weighted by Crippen LogP contribution is 2.21. The molecule has 0 fully saturated rings. The zero-order valence-electron chi connectivity index (χ0n) is 11.9. The Labute approximate surface area is 122 Å². The van der Waals surface area contributed by atoms with E-state index in [1.807, 2.05) is 41.9 Å². The van der Waals surface area contributed by atoms with Gasteiger partial charge in [-0.25, -0.2) is 0 Å². The molecule has 0 radical (unpaired) electrons. The zero-order valence-corrected chi connectivity index (χ0v) is 11.9. The van der Waals surface area contributed by atoms with Gasteiger partial charge in [0.25, 0.3) is 5.91 Å². The molecule has 3 aromatic rings. The number of hydrogen-bond donors (Lipinski definition) is 1. The molecule has 1 N–H and O–H groups in total. The van der Waals surface area contributed by atoms with E-state index in [0.717, 1.165) is 16.8 Å². The van der Waals surface area contributed by atoms with Crippen molar-refractivity contribution in [2.75, 3.05) is 12.4 Å². The van der Waals surface area contributed by atoms with Gasteiger partial charge in [0.2, 0.25) is 0 Å². The normalized spacial score (nSPS) is 11.0. The molecule has 0 saturated heterocycles. The molecule has 5 heteroatoms. The number of anilines is 1. The first-order valence-electron chi connectivity index (χ1n) is 6.61. The lowest BCUT2D eigenvalue weighted by Gasteiger charge is -2.08. The molecule has 0 saturated carbocycles. The van der Waals surface area contributed by atoms with E-state index >= 15 is 0 Å². The Morgan fingerprint density at radius 2 is 2.19 bits per heavy atom. The van der Waals surface area contributed by atoms with Crippen LogP contribution in [0.15, 0.2) is 47.1 Å². The lowest BCUT2D eigenvalue weighted by atomic mass is 10.2. The Morgan fingerprint density at radius 1 is 1.33 bits per heavy atom.